The van der Waals surface area contributed by atoms with Crippen LogP contribution in [0.4, 0.5) is 5.69 Å². The number of fused-ring (bicyclic) bond motifs is 1. The lowest BCUT2D eigenvalue weighted by molar-refractivity contribution is -0.183. The van der Waals surface area contributed by atoms with Gasteiger partial charge in [0.15, 0.2) is 5.41 Å². The fourth-order valence-corrected chi connectivity index (χ4v) is 2.45. The molecular formula is C13H13NO4. The molecule has 2 aliphatic rings. The average molecular weight is 247 g/mol. The summed E-state index contributed by atoms with van der Waals surface area (Å²) < 4.78 is 4.94. The number of amides is 1. The van der Waals surface area contributed by atoms with Crippen molar-refractivity contribution < 1.29 is 19.4 Å². The Hall–Kier alpha value is -1.88. The molecular weight excluding hydrogens is 234 g/mol. The van der Waals surface area contributed by atoms with Crippen LogP contribution >= 0.6 is 0 Å². The monoisotopic (exact) mass is 247 g/mol. The van der Waals surface area contributed by atoms with Crippen LogP contribution in [0.15, 0.2) is 24.3 Å². The van der Waals surface area contributed by atoms with Gasteiger partial charge in [-0.15, -0.1) is 0 Å². The summed E-state index contributed by atoms with van der Waals surface area (Å²) in [6.07, 6.45) is 0.776. The highest BCUT2D eigenvalue weighted by Crippen LogP contribution is 2.36. The van der Waals surface area contributed by atoms with Crippen molar-refractivity contribution in [1.82, 2.24) is 0 Å². The molecule has 5 nitrogen and oxygen atoms in total. The van der Waals surface area contributed by atoms with E-state index in [1.54, 1.807) is 4.90 Å². The van der Waals surface area contributed by atoms with Gasteiger partial charge in [-0.2, -0.15) is 0 Å². The largest absolute Gasteiger partial charge is 0.480 e. The maximum atomic E-state index is 12.4. The van der Waals surface area contributed by atoms with Crippen molar-refractivity contribution in [2.45, 2.75) is 6.42 Å². The van der Waals surface area contributed by atoms with Gasteiger partial charge >= 0.3 is 5.97 Å². The van der Waals surface area contributed by atoms with Crippen LogP contribution < -0.4 is 4.90 Å². The van der Waals surface area contributed by atoms with Gasteiger partial charge in [-0.25, -0.2) is 0 Å². The smallest absolute Gasteiger partial charge is 0.324 e. The van der Waals surface area contributed by atoms with E-state index < -0.39 is 11.4 Å². The number of carboxylic acid groups (broad SMARTS) is 1. The molecule has 1 fully saturated rings. The van der Waals surface area contributed by atoms with Crippen molar-refractivity contribution >= 4 is 17.6 Å². The van der Waals surface area contributed by atoms with Crippen LogP contribution in [0.2, 0.25) is 0 Å². The number of ether oxygens (including phenoxy) is 1. The Bertz CT molecular complexity index is 521. The molecule has 0 bridgehead atoms. The second-order valence-corrected chi connectivity index (χ2v) is 4.72. The minimum Gasteiger partial charge on any atom is -0.480 e. The van der Waals surface area contributed by atoms with E-state index in [2.05, 4.69) is 0 Å². The number of carboxylic acids is 1. The van der Waals surface area contributed by atoms with Crippen molar-refractivity contribution in [3.05, 3.63) is 29.8 Å². The Morgan fingerprint density at radius 1 is 1.28 bits per heavy atom. The summed E-state index contributed by atoms with van der Waals surface area (Å²) in [6.45, 7) is 0.493. The lowest BCUT2D eigenvalue weighted by Crippen LogP contribution is -2.59. The Kier molecular flexibility index (Phi) is 2.38. The van der Waals surface area contributed by atoms with Crippen molar-refractivity contribution in [3.63, 3.8) is 0 Å². The summed E-state index contributed by atoms with van der Waals surface area (Å²) in [7, 11) is 0. The molecule has 1 aromatic carbocycles. The minimum atomic E-state index is -1.38. The van der Waals surface area contributed by atoms with Gasteiger partial charge in [0.1, 0.15) is 0 Å². The first kappa shape index (κ1) is 11.2. The van der Waals surface area contributed by atoms with Gasteiger partial charge in [-0.3, -0.25) is 9.59 Å². The summed E-state index contributed by atoms with van der Waals surface area (Å²) in [5.41, 5.74) is 0.541. The van der Waals surface area contributed by atoms with Crippen molar-refractivity contribution in [2.75, 3.05) is 24.7 Å². The van der Waals surface area contributed by atoms with Crippen LogP contribution in [-0.2, 0) is 20.7 Å². The van der Waals surface area contributed by atoms with Crippen LogP contribution in [0, 0.1) is 5.41 Å². The summed E-state index contributed by atoms with van der Waals surface area (Å²) in [5.74, 6) is -1.45. The minimum absolute atomic E-state index is 0.0279. The molecule has 0 saturated carbocycles. The normalized spacial score (nSPS) is 20.1. The lowest BCUT2D eigenvalue weighted by atomic mass is 9.84. The van der Waals surface area contributed by atoms with Crippen LogP contribution in [-0.4, -0.2) is 36.7 Å². The van der Waals surface area contributed by atoms with E-state index in [9.17, 15) is 14.7 Å². The van der Waals surface area contributed by atoms with Gasteiger partial charge in [-0.05, 0) is 18.1 Å². The molecule has 1 N–H and O–H groups in total. The molecule has 0 aliphatic carbocycles. The summed E-state index contributed by atoms with van der Waals surface area (Å²) in [6, 6.07) is 7.60. The van der Waals surface area contributed by atoms with Crippen LogP contribution in [0.1, 0.15) is 5.56 Å². The third-order valence-corrected chi connectivity index (χ3v) is 3.65. The van der Waals surface area contributed by atoms with Gasteiger partial charge in [0, 0.05) is 12.2 Å². The molecule has 1 amide bonds. The number of benzene rings is 1. The average Bonchev–Trinajstić information content (AvgIpc) is 2.70. The first-order chi connectivity index (χ1) is 8.65. The molecule has 1 aromatic rings. The van der Waals surface area contributed by atoms with E-state index in [0.29, 0.717) is 6.54 Å². The van der Waals surface area contributed by atoms with Crippen molar-refractivity contribution in [2.24, 2.45) is 5.41 Å². The van der Waals surface area contributed by atoms with Crippen LogP contribution in [0.3, 0.4) is 0 Å². The molecule has 0 unspecified atom stereocenters. The van der Waals surface area contributed by atoms with Crippen LogP contribution in [0.25, 0.3) is 0 Å². The quantitative estimate of drug-likeness (QED) is 0.780. The molecule has 0 radical (unpaired) electrons. The summed E-state index contributed by atoms with van der Waals surface area (Å²) >= 11 is 0. The molecule has 2 heterocycles. The Balaban J connectivity index is 1.93. The van der Waals surface area contributed by atoms with Gasteiger partial charge in [0.25, 0.3) is 0 Å². The first-order valence-corrected chi connectivity index (χ1v) is 5.86. The van der Waals surface area contributed by atoms with E-state index in [1.165, 1.54) is 0 Å². The van der Waals surface area contributed by atoms with E-state index in [-0.39, 0.29) is 19.1 Å². The van der Waals surface area contributed by atoms with E-state index in [0.717, 1.165) is 17.7 Å². The fourth-order valence-electron chi connectivity index (χ4n) is 2.45. The Labute approximate surface area is 104 Å². The summed E-state index contributed by atoms with van der Waals surface area (Å²) in [5, 5.41) is 9.23. The zero-order valence-electron chi connectivity index (χ0n) is 9.76. The highest BCUT2D eigenvalue weighted by Gasteiger charge is 2.55. The Morgan fingerprint density at radius 3 is 2.61 bits per heavy atom. The molecule has 3 rings (SSSR count). The number of para-hydroxylation sites is 1. The van der Waals surface area contributed by atoms with E-state index in [1.807, 2.05) is 24.3 Å². The SMILES string of the molecule is O=C(O)C1(C(=O)N2CCc3ccccc32)COC1. The first-order valence-electron chi connectivity index (χ1n) is 5.86. The number of rotatable bonds is 2. The molecule has 0 atom stereocenters. The number of hydrogen-bond acceptors (Lipinski definition) is 3. The van der Waals surface area contributed by atoms with Gasteiger partial charge in [0.05, 0.1) is 13.2 Å². The van der Waals surface area contributed by atoms with Gasteiger partial charge in [0.2, 0.25) is 5.91 Å². The highest BCUT2D eigenvalue weighted by molar-refractivity contribution is 6.11. The van der Waals surface area contributed by atoms with E-state index >= 15 is 0 Å². The predicted octanol–water partition coefficient (Wildman–Crippen LogP) is 0.677. The fraction of sp³-hybridized carbons (Fsp3) is 0.385. The Morgan fingerprint density at radius 2 is 2.00 bits per heavy atom. The molecule has 94 valence electrons. The predicted molar refractivity (Wildman–Crippen MR) is 63.4 cm³/mol. The highest BCUT2D eigenvalue weighted by atomic mass is 16.5. The molecule has 5 heteroatoms. The third-order valence-electron chi connectivity index (χ3n) is 3.65. The van der Waals surface area contributed by atoms with Crippen LogP contribution in [0.5, 0.6) is 0 Å². The third kappa shape index (κ3) is 1.37. The zero-order chi connectivity index (χ0) is 12.8. The number of carbonyl (C=O) groups excluding carboxylic acids is 1. The summed E-state index contributed by atoms with van der Waals surface area (Å²) in [4.78, 5) is 25.3. The van der Waals surface area contributed by atoms with Gasteiger partial charge < -0.3 is 14.7 Å². The lowest BCUT2D eigenvalue weighted by Gasteiger charge is -2.38. The second kappa shape index (κ2) is 3.81. The van der Waals surface area contributed by atoms with Crippen molar-refractivity contribution in [1.29, 1.82) is 0 Å². The number of aliphatic carboxylic acids is 1. The number of carbonyl (C=O) groups is 2. The maximum absolute atomic E-state index is 12.4. The molecule has 0 aromatic heterocycles. The van der Waals surface area contributed by atoms with E-state index in [4.69, 9.17) is 4.74 Å². The van der Waals surface area contributed by atoms with Crippen molar-refractivity contribution in [3.8, 4) is 0 Å². The molecule has 0 spiro atoms. The maximum Gasteiger partial charge on any atom is 0.324 e. The molecule has 1 saturated heterocycles. The number of nitrogens with zero attached hydrogens (tertiary/aromatic N) is 1. The number of hydrogen-bond donors (Lipinski definition) is 1. The topological polar surface area (TPSA) is 66.8 Å². The standard InChI is InChI=1S/C13H13NO4/c15-11(13(12(16)17)7-18-8-13)14-6-5-9-3-1-2-4-10(9)14/h1-4H,5-8H2,(H,16,17). The van der Waals surface area contributed by atoms with Gasteiger partial charge in [-0.1, -0.05) is 18.2 Å². The second-order valence-electron chi connectivity index (χ2n) is 4.72. The number of anilines is 1. The zero-order valence-corrected chi connectivity index (χ0v) is 9.76. The molecule has 2 aliphatic heterocycles. The molecule has 18 heavy (non-hydrogen) atoms.